The van der Waals surface area contributed by atoms with E-state index in [1.807, 2.05) is 12.1 Å². The molecule has 1 saturated heterocycles. The van der Waals surface area contributed by atoms with E-state index in [1.54, 1.807) is 0 Å². The zero-order valence-corrected chi connectivity index (χ0v) is 10.0. The molecule has 0 unspecified atom stereocenters. The molecule has 0 atom stereocenters. The third kappa shape index (κ3) is 2.05. The molecule has 1 heterocycles. The van der Waals surface area contributed by atoms with Crippen LogP contribution in [-0.4, -0.2) is 26.3 Å². The first-order valence-corrected chi connectivity index (χ1v) is 5.73. The molecule has 1 aliphatic heterocycles. The van der Waals surface area contributed by atoms with Gasteiger partial charge in [0.25, 0.3) is 0 Å². The molecule has 14 heavy (non-hydrogen) atoms. The molecule has 1 fully saturated rings. The number of rotatable bonds is 1. The standard InChI is InChI=1S/C10H11BrClNO/c11-10-8(12)2-1-3-9(10)13-4-6-14-7-5-13/h1-3H,4-7H2. The molecular weight excluding hydrogens is 265 g/mol. The Kier molecular flexibility index (Phi) is 3.31. The molecule has 0 saturated carbocycles. The van der Waals surface area contributed by atoms with Gasteiger partial charge < -0.3 is 9.64 Å². The Morgan fingerprint density at radius 1 is 1.29 bits per heavy atom. The normalized spacial score (nSPS) is 17.1. The van der Waals surface area contributed by atoms with Crippen molar-refractivity contribution in [1.82, 2.24) is 0 Å². The highest BCUT2D eigenvalue weighted by atomic mass is 79.9. The molecule has 76 valence electrons. The highest BCUT2D eigenvalue weighted by Crippen LogP contribution is 2.32. The van der Waals surface area contributed by atoms with Gasteiger partial charge in [-0.15, -0.1) is 0 Å². The first kappa shape index (κ1) is 10.3. The zero-order valence-electron chi connectivity index (χ0n) is 7.67. The molecule has 0 aromatic heterocycles. The fourth-order valence-electron chi connectivity index (χ4n) is 1.54. The Balaban J connectivity index is 2.26. The zero-order chi connectivity index (χ0) is 9.97. The quantitative estimate of drug-likeness (QED) is 0.782. The second-order valence-electron chi connectivity index (χ2n) is 3.17. The van der Waals surface area contributed by atoms with Gasteiger partial charge in [0.1, 0.15) is 0 Å². The topological polar surface area (TPSA) is 12.5 Å². The van der Waals surface area contributed by atoms with Gasteiger partial charge in [0.15, 0.2) is 0 Å². The van der Waals surface area contributed by atoms with Gasteiger partial charge in [0.05, 0.1) is 28.4 Å². The van der Waals surface area contributed by atoms with E-state index in [4.69, 9.17) is 16.3 Å². The van der Waals surface area contributed by atoms with E-state index in [-0.39, 0.29) is 0 Å². The van der Waals surface area contributed by atoms with Crippen LogP contribution in [0, 0.1) is 0 Å². The number of halogens is 2. The molecule has 2 nitrogen and oxygen atoms in total. The lowest BCUT2D eigenvalue weighted by atomic mass is 10.2. The fraction of sp³-hybridized carbons (Fsp3) is 0.400. The highest BCUT2D eigenvalue weighted by molar-refractivity contribution is 9.10. The molecule has 2 rings (SSSR count). The van der Waals surface area contributed by atoms with Crippen molar-refractivity contribution in [3.8, 4) is 0 Å². The number of benzene rings is 1. The highest BCUT2D eigenvalue weighted by Gasteiger charge is 2.14. The van der Waals surface area contributed by atoms with Crippen LogP contribution >= 0.6 is 27.5 Å². The summed E-state index contributed by atoms with van der Waals surface area (Å²) in [4.78, 5) is 2.28. The minimum Gasteiger partial charge on any atom is -0.378 e. The van der Waals surface area contributed by atoms with Crippen molar-refractivity contribution in [2.24, 2.45) is 0 Å². The Bertz CT molecular complexity index is 326. The molecular formula is C10H11BrClNO. The molecule has 4 heteroatoms. The van der Waals surface area contributed by atoms with Crippen LogP contribution in [0.2, 0.25) is 5.02 Å². The second-order valence-corrected chi connectivity index (χ2v) is 4.37. The van der Waals surface area contributed by atoms with Crippen molar-refractivity contribution < 1.29 is 4.74 Å². The number of nitrogens with zero attached hydrogens (tertiary/aromatic N) is 1. The smallest absolute Gasteiger partial charge is 0.0642 e. The average Bonchev–Trinajstić information content (AvgIpc) is 2.23. The summed E-state index contributed by atoms with van der Waals surface area (Å²) >= 11 is 9.53. The summed E-state index contributed by atoms with van der Waals surface area (Å²) in [5, 5.41) is 0.758. The molecule has 1 aromatic carbocycles. The average molecular weight is 277 g/mol. The molecule has 1 aliphatic rings. The lowest BCUT2D eigenvalue weighted by Crippen LogP contribution is -2.36. The van der Waals surface area contributed by atoms with Crippen molar-refractivity contribution in [2.75, 3.05) is 31.2 Å². The maximum absolute atomic E-state index is 6.03. The Labute approximate surface area is 96.9 Å². The predicted molar refractivity (Wildman–Crippen MR) is 62.2 cm³/mol. The molecule has 0 radical (unpaired) electrons. The number of hydrogen-bond acceptors (Lipinski definition) is 2. The lowest BCUT2D eigenvalue weighted by Gasteiger charge is -2.29. The summed E-state index contributed by atoms with van der Waals surface area (Å²) < 4.78 is 6.28. The van der Waals surface area contributed by atoms with Crippen LogP contribution in [0.25, 0.3) is 0 Å². The summed E-state index contributed by atoms with van der Waals surface area (Å²) in [5.74, 6) is 0. The summed E-state index contributed by atoms with van der Waals surface area (Å²) in [6.45, 7) is 3.44. The van der Waals surface area contributed by atoms with Gasteiger partial charge in [-0.05, 0) is 28.1 Å². The van der Waals surface area contributed by atoms with Crippen LogP contribution in [0.1, 0.15) is 0 Å². The lowest BCUT2D eigenvalue weighted by molar-refractivity contribution is 0.122. The van der Waals surface area contributed by atoms with Crippen molar-refractivity contribution in [3.63, 3.8) is 0 Å². The number of hydrogen-bond donors (Lipinski definition) is 0. The number of ether oxygens (including phenoxy) is 1. The second kappa shape index (κ2) is 4.51. The van der Waals surface area contributed by atoms with E-state index in [0.29, 0.717) is 0 Å². The Hall–Kier alpha value is -0.250. The van der Waals surface area contributed by atoms with Crippen LogP contribution < -0.4 is 4.90 Å². The van der Waals surface area contributed by atoms with Gasteiger partial charge in [-0.1, -0.05) is 17.7 Å². The third-order valence-electron chi connectivity index (χ3n) is 2.28. The van der Waals surface area contributed by atoms with Crippen molar-refractivity contribution in [2.45, 2.75) is 0 Å². The summed E-state index contributed by atoms with van der Waals surface area (Å²) in [6.07, 6.45) is 0. The van der Waals surface area contributed by atoms with E-state index < -0.39 is 0 Å². The first-order chi connectivity index (χ1) is 6.79. The van der Waals surface area contributed by atoms with Gasteiger partial charge in [0.2, 0.25) is 0 Å². The first-order valence-electron chi connectivity index (χ1n) is 4.56. The Morgan fingerprint density at radius 3 is 2.71 bits per heavy atom. The van der Waals surface area contributed by atoms with Crippen LogP contribution in [0.5, 0.6) is 0 Å². The van der Waals surface area contributed by atoms with Crippen LogP contribution in [0.15, 0.2) is 22.7 Å². The SMILES string of the molecule is Clc1cccc(N2CCOCC2)c1Br. The third-order valence-corrected chi connectivity index (χ3v) is 3.66. The predicted octanol–water partition coefficient (Wildman–Crippen LogP) is 2.94. The van der Waals surface area contributed by atoms with Gasteiger partial charge in [-0.25, -0.2) is 0 Å². The van der Waals surface area contributed by atoms with Crippen LogP contribution in [0.4, 0.5) is 5.69 Å². The van der Waals surface area contributed by atoms with Gasteiger partial charge in [-0.2, -0.15) is 0 Å². The Morgan fingerprint density at radius 2 is 2.00 bits per heavy atom. The van der Waals surface area contributed by atoms with Crippen molar-refractivity contribution in [1.29, 1.82) is 0 Å². The van der Waals surface area contributed by atoms with Crippen LogP contribution in [0.3, 0.4) is 0 Å². The van der Waals surface area contributed by atoms with E-state index in [1.165, 1.54) is 0 Å². The van der Waals surface area contributed by atoms with E-state index in [0.717, 1.165) is 41.5 Å². The van der Waals surface area contributed by atoms with E-state index in [9.17, 15) is 0 Å². The minimum absolute atomic E-state index is 0.758. The molecule has 1 aromatic rings. The van der Waals surface area contributed by atoms with Gasteiger partial charge >= 0.3 is 0 Å². The van der Waals surface area contributed by atoms with Crippen LogP contribution in [-0.2, 0) is 4.74 Å². The monoisotopic (exact) mass is 275 g/mol. The van der Waals surface area contributed by atoms with Gasteiger partial charge in [-0.3, -0.25) is 0 Å². The summed E-state index contributed by atoms with van der Waals surface area (Å²) in [5.41, 5.74) is 1.15. The van der Waals surface area contributed by atoms with E-state index >= 15 is 0 Å². The molecule has 0 spiro atoms. The molecule has 0 amide bonds. The summed E-state index contributed by atoms with van der Waals surface area (Å²) in [7, 11) is 0. The van der Waals surface area contributed by atoms with Crippen molar-refractivity contribution in [3.05, 3.63) is 27.7 Å². The van der Waals surface area contributed by atoms with Gasteiger partial charge in [0, 0.05) is 13.1 Å². The number of morpholine rings is 1. The minimum atomic E-state index is 0.758. The molecule has 0 N–H and O–H groups in total. The summed E-state index contributed by atoms with van der Waals surface area (Å²) in [6, 6.07) is 5.93. The maximum Gasteiger partial charge on any atom is 0.0642 e. The van der Waals surface area contributed by atoms with Crippen molar-refractivity contribution >= 4 is 33.2 Å². The molecule has 0 bridgehead atoms. The fourth-order valence-corrected chi connectivity index (χ4v) is 2.23. The van der Waals surface area contributed by atoms with E-state index in [2.05, 4.69) is 26.9 Å². The number of anilines is 1. The maximum atomic E-state index is 6.03. The largest absolute Gasteiger partial charge is 0.378 e. The molecule has 0 aliphatic carbocycles.